The fourth-order valence-electron chi connectivity index (χ4n) is 2.22. The van der Waals surface area contributed by atoms with Gasteiger partial charge in [-0.1, -0.05) is 0 Å². The van der Waals surface area contributed by atoms with Crippen LogP contribution in [0.2, 0.25) is 0 Å². The largest absolute Gasteiger partial charge is 0.494 e. The number of likely N-dealkylation sites (N-methyl/N-ethyl adjacent to an activating group) is 1. The summed E-state index contributed by atoms with van der Waals surface area (Å²) in [7, 11) is 3.78. The molecule has 0 aliphatic heterocycles. The molecular weight excluding hydrogens is 309 g/mol. The second kappa shape index (κ2) is 10.1. The molecule has 0 radical (unpaired) electrons. The van der Waals surface area contributed by atoms with Crippen LogP contribution in [-0.4, -0.2) is 57.9 Å². The van der Waals surface area contributed by atoms with Crippen LogP contribution in [0.4, 0.5) is 4.39 Å². The molecule has 0 amide bonds. The van der Waals surface area contributed by atoms with Crippen LogP contribution in [0.3, 0.4) is 0 Å². The molecule has 134 valence electrons. The van der Waals surface area contributed by atoms with Crippen LogP contribution >= 0.6 is 0 Å². The van der Waals surface area contributed by atoms with Crippen molar-refractivity contribution in [1.82, 2.24) is 10.2 Å². The zero-order valence-electron chi connectivity index (χ0n) is 14.6. The number of aliphatic imine (C=N–C) groups is 1. The predicted molar refractivity (Wildman–Crippen MR) is 94.0 cm³/mol. The van der Waals surface area contributed by atoms with Gasteiger partial charge in [-0.2, -0.15) is 0 Å². The van der Waals surface area contributed by atoms with Crippen LogP contribution in [0.25, 0.3) is 0 Å². The van der Waals surface area contributed by atoms with E-state index >= 15 is 0 Å². The maximum atomic E-state index is 12.8. The lowest BCUT2D eigenvalue weighted by atomic mass is 10.3. The van der Waals surface area contributed by atoms with Crippen LogP contribution in [0.5, 0.6) is 5.75 Å². The lowest BCUT2D eigenvalue weighted by Crippen LogP contribution is -2.41. The average Bonchev–Trinajstić information content (AvgIpc) is 3.41. The van der Waals surface area contributed by atoms with E-state index in [2.05, 4.69) is 15.2 Å². The van der Waals surface area contributed by atoms with Crippen molar-refractivity contribution in [1.29, 1.82) is 0 Å². The van der Waals surface area contributed by atoms with Crippen molar-refractivity contribution in [2.24, 2.45) is 10.9 Å². The molecule has 1 N–H and O–H groups in total. The summed E-state index contributed by atoms with van der Waals surface area (Å²) < 4.78 is 24.0. The molecule has 0 heterocycles. The van der Waals surface area contributed by atoms with Crippen molar-refractivity contribution in [3.8, 4) is 5.75 Å². The Balaban J connectivity index is 1.54. The second-order valence-electron chi connectivity index (χ2n) is 6.07. The number of ether oxygens (including phenoxy) is 2. The third-order valence-electron chi connectivity index (χ3n) is 3.88. The summed E-state index contributed by atoms with van der Waals surface area (Å²) >= 11 is 0. The predicted octanol–water partition coefficient (Wildman–Crippen LogP) is 2.53. The molecule has 0 saturated heterocycles. The summed E-state index contributed by atoms with van der Waals surface area (Å²) in [6, 6.07) is 6.07. The van der Waals surface area contributed by atoms with Crippen LogP contribution < -0.4 is 10.1 Å². The maximum absolute atomic E-state index is 12.8. The summed E-state index contributed by atoms with van der Waals surface area (Å²) in [5.41, 5.74) is 0. The minimum Gasteiger partial charge on any atom is -0.494 e. The van der Waals surface area contributed by atoms with E-state index in [1.807, 2.05) is 7.05 Å². The average molecular weight is 337 g/mol. The molecule has 1 aromatic carbocycles. The highest BCUT2D eigenvalue weighted by molar-refractivity contribution is 5.79. The molecule has 1 aliphatic carbocycles. The molecule has 2 rings (SSSR count). The summed E-state index contributed by atoms with van der Waals surface area (Å²) in [4.78, 5) is 6.34. The van der Waals surface area contributed by atoms with Crippen LogP contribution in [-0.2, 0) is 4.74 Å². The van der Waals surface area contributed by atoms with Gasteiger partial charge in [0.2, 0.25) is 0 Å². The zero-order valence-corrected chi connectivity index (χ0v) is 14.6. The smallest absolute Gasteiger partial charge is 0.193 e. The van der Waals surface area contributed by atoms with Crippen LogP contribution in [0.15, 0.2) is 29.3 Å². The first-order valence-electron chi connectivity index (χ1n) is 8.57. The Kier molecular flexibility index (Phi) is 7.82. The second-order valence-corrected chi connectivity index (χ2v) is 6.07. The van der Waals surface area contributed by atoms with E-state index in [0.29, 0.717) is 12.4 Å². The molecule has 5 nitrogen and oxygen atoms in total. The number of halogens is 1. The Hall–Kier alpha value is -1.82. The van der Waals surface area contributed by atoms with Gasteiger partial charge in [0.15, 0.2) is 5.96 Å². The van der Waals surface area contributed by atoms with Crippen molar-refractivity contribution < 1.29 is 13.9 Å². The minimum atomic E-state index is -0.253. The van der Waals surface area contributed by atoms with Gasteiger partial charge < -0.3 is 19.7 Å². The number of benzene rings is 1. The molecule has 1 aromatic rings. The topological polar surface area (TPSA) is 46.1 Å². The third-order valence-corrected chi connectivity index (χ3v) is 3.88. The summed E-state index contributed by atoms with van der Waals surface area (Å²) in [6.07, 6.45) is 3.47. The van der Waals surface area contributed by atoms with Gasteiger partial charge >= 0.3 is 0 Å². The lowest BCUT2D eigenvalue weighted by Gasteiger charge is -2.22. The fraction of sp³-hybridized carbons (Fsp3) is 0.611. The van der Waals surface area contributed by atoms with E-state index < -0.39 is 0 Å². The van der Waals surface area contributed by atoms with E-state index in [1.165, 1.54) is 25.0 Å². The van der Waals surface area contributed by atoms with Gasteiger partial charge in [-0.15, -0.1) is 0 Å². The molecule has 24 heavy (non-hydrogen) atoms. The van der Waals surface area contributed by atoms with Gasteiger partial charge in [0.05, 0.1) is 13.2 Å². The highest BCUT2D eigenvalue weighted by Crippen LogP contribution is 2.28. The molecule has 6 heteroatoms. The number of hydrogen-bond acceptors (Lipinski definition) is 3. The zero-order chi connectivity index (χ0) is 17.2. The number of nitrogens with one attached hydrogen (secondary N) is 1. The first-order chi connectivity index (χ1) is 11.7. The van der Waals surface area contributed by atoms with E-state index in [-0.39, 0.29) is 5.82 Å². The van der Waals surface area contributed by atoms with Crippen molar-refractivity contribution in [2.75, 3.05) is 47.0 Å². The minimum absolute atomic E-state index is 0.253. The molecule has 1 fully saturated rings. The van der Waals surface area contributed by atoms with E-state index in [4.69, 9.17) is 9.47 Å². The summed E-state index contributed by atoms with van der Waals surface area (Å²) in [5, 5.41) is 3.31. The Morgan fingerprint density at radius 1 is 1.29 bits per heavy atom. The Morgan fingerprint density at radius 2 is 2.04 bits per heavy atom. The maximum Gasteiger partial charge on any atom is 0.193 e. The van der Waals surface area contributed by atoms with Crippen molar-refractivity contribution in [3.63, 3.8) is 0 Å². The van der Waals surface area contributed by atoms with Crippen LogP contribution in [0.1, 0.15) is 19.3 Å². The van der Waals surface area contributed by atoms with Gasteiger partial charge in [0.1, 0.15) is 11.6 Å². The molecule has 0 spiro atoms. The van der Waals surface area contributed by atoms with Gasteiger partial charge in [-0.25, -0.2) is 4.39 Å². The highest BCUT2D eigenvalue weighted by Gasteiger charge is 2.21. The fourth-order valence-corrected chi connectivity index (χ4v) is 2.22. The lowest BCUT2D eigenvalue weighted by molar-refractivity contribution is 0.115. The molecular formula is C18H28FN3O2. The van der Waals surface area contributed by atoms with E-state index in [9.17, 15) is 4.39 Å². The van der Waals surface area contributed by atoms with Gasteiger partial charge in [-0.3, -0.25) is 4.99 Å². The van der Waals surface area contributed by atoms with Crippen LogP contribution in [0, 0.1) is 11.7 Å². The first-order valence-corrected chi connectivity index (χ1v) is 8.57. The van der Waals surface area contributed by atoms with E-state index in [0.717, 1.165) is 44.6 Å². The summed E-state index contributed by atoms with van der Waals surface area (Å²) in [5.74, 6) is 2.09. The quantitative estimate of drug-likeness (QED) is 0.405. The molecule has 0 unspecified atom stereocenters. The first kappa shape index (κ1) is 18.5. The SMILES string of the molecule is CN=C(NCCCOc1ccc(F)cc1)N(C)CCOCC1CC1. The highest BCUT2D eigenvalue weighted by atomic mass is 19.1. The molecule has 1 aliphatic rings. The van der Waals surface area contributed by atoms with Gasteiger partial charge in [-0.05, 0) is 49.4 Å². The molecule has 0 atom stereocenters. The Bertz CT molecular complexity index is 503. The third kappa shape index (κ3) is 7.17. The number of hydrogen-bond donors (Lipinski definition) is 1. The molecule has 0 aromatic heterocycles. The Labute approximate surface area is 143 Å². The normalized spacial score (nSPS) is 14.5. The standard InChI is InChI=1S/C18H28FN3O2/c1-20-18(22(2)11-13-23-14-15-4-5-15)21-10-3-12-24-17-8-6-16(19)7-9-17/h6-9,15H,3-5,10-14H2,1-2H3,(H,20,21). The molecule has 1 saturated carbocycles. The van der Waals surface area contributed by atoms with Crippen molar-refractivity contribution >= 4 is 5.96 Å². The monoisotopic (exact) mass is 337 g/mol. The molecule has 0 bridgehead atoms. The van der Waals surface area contributed by atoms with Gasteiger partial charge in [0, 0.05) is 33.8 Å². The number of nitrogens with zero attached hydrogens (tertiary/aromatic N) is 2. The van der Waals surface area contributed by atoms with Crippen molar-refractivity contribution in [3.05, 3.63) is 30.1 Å². The number of rotatable bonds is 10. The Morgan fingerprint density at radius 3 is 2.71 bits per heavy atom. The van der Waals surface area contributed by atoms with Crippen molar-refractivity contribution in [2.45, 2.75) is 19.3 Å². The van der Waals surface area contributed by atoms with E-state index in [1.54, 1.807) is 19.2 Å². The number of guanidine groups is 1. The summed E-state index contributed by atoms with van der Waals surface area (Å²) in [6.45, 7) is 3.77. The van der Waals surface area contributed by atoms with Gasteiger partial charge in [0.25, 0.3) is 0 Å².